The van der Waals surface area contributed by atoms with E-state index in [-0.39, 0.29) is 11.0 Å². The van der Waals surface area contributed by atoms with Crippen molar-refractivity contribution in [1.82, 2.24) is 5.32 Å². The summed E-state index contributed by atoms with van der Waals surface area (Å²) in [6, 6.07) is 7.56. The lowest BCUT2D eigenvalue weighted by molar-refractivity contribution is 0.255. The van der Waals surface area contributed by atoms with Crippen molar-refractivity contribution in [2.24, 2.45) is 5.41 Å². The van der Waals surface area contributed by atoms with Crippen molar-refractivity contribution in [3.8, 4) is 5.75 Å². The molecule has 0 radical (unpaired) electrons. The van der Waals surface area contributed by atoms with Crippen molar-refractivity contribution >= 4 is 0 Å². The van der Waals surface area contributed by atoms with Crippen LogP contribution in [-0.2, 0) is 6.42 Å². The highest BCUT2D eigenvalue weighted by Crippen LogP contribution is 2.27. The summed E-state index contributed by atoms with van der Waals surface area (Å²) in [4.78, 5) is 0. The Bertz CT molecular complexity index is 364. The molecule has 0 saturated heterocycles. The van der Waals surface area contributed by atoms with Crippen LogP contribution in [0.1, 0.15) is 46.6 Å². The number of hydrogen-bond donors (Lipinski definition) is 2. The highest BCUT2D eigenvalue weighted by Gasteiger charge is 2.24. The van der Waals surface area contributed by atoms with E-state index in [1.54, 1.807) is 12.1 Å². The van der Waals surface area contributed by atoms with Gasteiger partial charge in [-0.25, -0.2) is 0 Å². The van der Waals surface area contributed by atoms with Crippen molar-refractivity contribution in [3.05, 3.63) is 29.8 Å². The first kappa shape index (κ1) is 15.0. The molecule has 18 heavy (non-hydrogen) atoms. The van der Waals surface area contributed by atoms with Gasteiger partial charge in [-0.3, -0.25) is 0 Å². The summed E-state index contributed by atoms with van der Waals surface area (Å²) in [5, 5.41) is 12.9. The molecule has 1 aromatic carbocycles. The molecule has 2 N–H and O–H groups in total. The second-order valence-corrected chi connectivity index (χ2v) is 6.61. The molecule has 1 rings (SSSR count). The maximum Gasteiger partial charge on any atom is 0.115 e. The summed E-state index contributed by atoms with van der Waals surface area (Å²) in [7, 11) is 0. The van der Waals surface area contributed by atoms with Gasteiger partial charge in [0.2, 0.25) is 0 Å². The van der Waals surface area contributed by atoms with E-state index in [1.165, 1.54) is 5.56 Å². The van der Waals surface area contributed by atoms with Gasteiger partial charge in [-0.1, -0.05) is 26.0 Å². The van der Waals surface area contributed by atoms with Gasteiger partial charge in [0, 0.05) is 12.1 Å². The Morgan fingerprint density at radius 2 is 1.61 bits per heavy atom. The van der Waals surface area contributed by atoms with E-state index >= 15 is 0 Å². The number of benzene rings is 1. The second kappa shape index (κ2) is 5.75. The quantitative estimate of drug-likeness (QED) is 0.833. The molecule has 0 aliphatic heterocycles. The molecule has 0 heterocycles. The zero-order valence-corrected chi connectivity index (χ0v) is 12.4. The van der Waals surface area contributed by atoms with Crippen LogP contribution >= 0.6 is 0 Å². The normalized spacial score (nSPS) is 15.4. The van der Waals surface area contributed by atoms with E-state index in [0.29, 0.717) is 5.75 Å². The van der Waals surface area contributed by atoms with E-state index < -0.39 is 0 Å². The third-order valence-corrected chi connectivity index (χ3v) is 3.47. The molecule has 2 heteroatoms. The third-order valence-electron chi connectivity index (χ3n) is 3.47. The number of phenols is 1. The lowest BCUT2D eigenvalue weighted by atomic mass is 9.80. The van der Waals surface area contributed by atoms with E-state index in [1.807, 2.05) is 12.1 Å². The standard InChI is InChI=1S/C16H27NO/c1-6-16(5,12-17-15(2,3)4)11-13-7-9-14(18)10-8-13/h7-10,17-18H,6,11-12H2,1-5H3. The van der Waals surface area contributed by atoms with Crippen molar-refractivity contribution in [1.29, 1.82) is 0 Å². The monoisotopic (exact) mass is 249 g/mol. The van der Waals surface area contributed by atoms with Gasteiger partial charge in [-0.15, -0.1) is 0 Å². The molecule has 1 aromatic rings. The Balaban J connectivity index is 2.67. The molecule has 1 atom stereocenters. The van der Waals surface area contributed by atoms with Crippen molar-refractivity contribution in [3.63, 3.8) is 0 Å². The molecule has 2 nitrogen and oxygen atoms in total. The summed E-state index contributed by atoms with van der Waals surface area (Å²) in [6.45, 7) is 12.2. The van der Waals surface area contributed by atoms with Gasteiger partial charge in [-0.05, 0) is 56.7 Å². The smallest absolute Gasteiger partial charge is 0.115 e. The minimum absolute atomic E-state index is 0.158. The zero-order valence-electron chi connectivity index (χ0n) is 12.4. The van der Waals surface area contributed by atoms with Crippen molar-refractivity contribution in [2.75, 3.05) is 6.54 Å². The number of aromatic hydroxyl groups is 1. The predicted molar refractivity (Wildman–Crippen MR) is 78.0 cm³/mol. The Kier molecular flexibility index (Phi) is 4.80. The summed E-state index contributed by atoms with van der Waals surface area (Å²) in [6.07, 6.45) is 2.17. The second-order valence-electron chi connectivity index (χ2n) is 6.61. The molecule has 0 amide bonds. The first-order valence-corrected chi connectivity index (χ1v) is 6.77. The van der Waals surface area contributed by atoms with Crippen molar-refractivity contribution in [2.45, 2.75) is 53.0 Å². The van der Waals surface area contributed by atoms with Crippen LogP contribution in [0.5, 0.6) is 5.75 Å². The Morgan fingerprint density at radius 3 is 2.06 bits per heavy atom. The Labute approximate surface area is 111 Å². The molecule has 0 spiro atoms. The van der Waals surface area contributed by atoms with Gasteiger partial charge in [-0.2, -0.15) is 0 Å². The van der Waals surface area contributed by atoms with Crippen LogP contribution in [0.2, 0.25) is 0 Å². The highest BCUT2D eigenvalue weighted by molar-refractivity contribution is 5.26. The SMILES string of the molecule is CCC(C)(CNC(C)(C)C)Cc1ccc(O)cc1. The zero-order chi connectivity index (χ0) is 13.8. The topological polar surface area (TPSA) is 32.3 Å². The number of phenolic OH excluding ortho intramolecular Hbond substituents is 1. The molecule has 0 aromatic heterocycles. The fourth-order valence-electron chi connectivity index (χ4n) is 1.90. The maximum atomic E-state index is 9.31. The molecular weight excluding hydrogens is 222 g/mol. The average Bonchev–Trinajstić information content (AvgIpc) is 2.29. The summed E-state index contributed by atoms with van der Waals surface area (Å²) in [5.41, 5.74) is 1.70. The summed E-state index contributed by atoms with van der Waals surface area (Å²) >= 11 is 0. The van der Waals surface area contributed by atoms with Gasteiger partial charge in [0.25, 0.3) is 0 Å². The van der Waals surface area contributed by atoms with E-state index in [2.05, 4.69) is 39.9 Å². The predicted octanol–water partition coefficient (Wildman–Crippen LogP) is 3.74. The molecule has 1 unspecified atom stereocenters. The van der Waals surface area contributed by atoms with Crippen LogP contribution in [0.4, 0.5) is 0 Å². The van der Waals surface area contributed by atoms with E-state index in [0.717, 1.165) is 19.4 Å². The maximum absolute atomic E-state index is 9.31. The first-order valence-electron chi connectivity index (χ1n) is 6.77. The molecule has 0 fully saturated rings. The fraction of sp³-hybridized carbons (Fsp3) is 0.625. The minimum atomic E-state index is 0.158. The molecule has 0 aliphatic carbocycles. The van der Waals surface area contributed by atoms with Gasteiger partial charge in [0.15, 0.2) is 0 Å². The number of hydrogen-bond acceptors (Lipinski definition) is 2. The van der Waals surface area contributed by atoms with Crippen LogP contribution in [0.3, 0.4) is 0 Å². The Morgan fingerprint density at radius 1 is 1.06 bits per heavy atom. The Hall–Kier alpha value is -1.02. The van der Waals surface area contributed by atoms with Crippen LogP contribution in [0.15, 0.2) is 24.3 Å². The molecule has 0 bridgehead atoms. The van der Waals surface area contributed by atoms with Crippen molar-refractivity contribution < 1.29 is 5.11 Å². The summed E-state index contributed by atoms with van der Waals surface area (Å²) in [5.74, 6) is 0.338. The van der Waals surface area contributed by atoms with Crippen LogP contribution in [0.25, 0.3) is 0 Å². The molecule has 102 valence electrons. The van der Waals surface area contributed by atoms with Crippen LogP contribution in [0, 0.1) is 5.41 Å². The van der Waals surface area contributed by atoms with Gasteiger partial charge in [0.1, 0.15) is 5.75 Å². The van der Waals surface area contributed by atoms with Crippen LogP contribution < -0.4 is 5.32 Å². The largest absolute Gasteiger partial charge is 0.508 e. The fourth-order valence-corrected chi connectivity index (χ4v) is 1.90. The lowest BCUT2D eigenvalue weighted by Gasteiger charge is -2.33. The van der Waals surface area contributed by atoms with Gasteiger partial charge < -0.3 is 10.4 Å². The minimum Gasteiger partial charge on any atom is -0.508 e. The summed E-state index contributed by atoms with van der Waals surface area (Å²) < 4.78 is 0. The van der Waals surface area contributed by atoms with Gasteiger partial charge in [0.05, 0.1) is 0 Å². The number of rotatable bonds is 5. The lowest BCUT2D eigenvalue weighted by Crippen LogP contribution is -2.43. The molecular formula is C16H27NO. The van der Waals surface area contributed by atoms with Crippen LogP contribution in [-0.4, -0.2) is 17.2 Å². The van der Waals surface area contributed by atoms with E-state index in [9.17, 15) is 5.11 Å². The first-order chi connectivity index (χ1) is 8.24. The highest BCUT2D eigenvalue weighted by atomic mass is 16.3. The van der Waals surface area contributed by atoms with E-state index in [4.69, 9.17) is 0 Å². The molecule has 0 saturated carbocycles. The molecule has 0 aliphatic rings. The van der Waals surface area contributed by atoms with Gasteiger partial charge >= 0.3 is 0 Å². The average molecular weight is 249 g/mol. The number of nitrogens with one attached hydrogen (secondary N) is 1. The third kappa shape index (κ3) is 5.09.